The van der Waals surface area contributed by atoms with Crippen molar-refractivity contribution in [3.8, 4) is 5.75 Å². The Balaban J connectivity index is 2.35. The van der Waals surface area contributed by atoms with E-state index in [0.29, 0.717) is 6.54 Å². The molecule has 0 atom stereocenters. The Morgan fingerprint density at radius 1 is 1.33 bits per heavy atom. The van der Waals surface area contributed by atoms with Crippen LogP contribution in [0.2, 0.25) is 0 Å². The molecular formula is C14H14BrNO2. The van der Waals surface area contributed by atoms with Gasteiger partial charge in [-0.25, -0.2) is 0 Å². The van der Waals surface area contributed by atoms with E-state index in [0.717, 1.165) is 27.2 Å². The van der Waals surface area contributed by atoms with Gasteiger partial charge in [-0.15, -0.1) is 0 Å². The zero-order valence-electron chi connectivity index (χ0n) is 10.0. The summed E-state index contributed by atoms with van der Waals surface area (Å²) < 4.78 is 0.999. The fourth-order valence-electron chi connectivity index (χ4n) is 1.96. The normalized spacial score (nSPS) is 10.6. The van der Waals surface area contributed by atoms with Crippen molar-refractivity contribution in [2.24, 2.45) is 0 Å². The molecule has 0 saturated carbocycles. The average Bonchev–Trinajstić information content (AvgIpc) is 2.29. The number of aromatic hydroxyl groups is 1. The number of carbonyl (C=O) groups excluding carboxylic acids is 1. The molecule has 0 aliphatic heterocycles. The zero-order valence-corrected chi connectivity index (χ0v) is 11.6. The van der Waals surface area contributed by atoms with Crippen LogP contribution in [0.25, 0.3) is 10.8 Å². The molecule has 3 nitrogen and oxygen atoms in total. The van der Waals surface area contributed by atoms with Gasteiger partial charge < -0.3 is 10.4 Å². The van der Waals surface area contributed by atoms with Crippen LogP contribution in [0, 0.1) is 0 Å². The minimum absolute atomic E-state index is 0.0304. The second kappa shape index (κ2) is 5.40. The molecule has 18 heavy (non-hydrogen) atoms. The van der Waals surface area contributed by atoms with Crippen LogP contribution in [-0.4, -0.2) is 17.6 Å². The molecule has 0 saturated heterocycles. The lowest BCUT2D eigenvalue weighted by Crippen LogP contribution is -2.22. The Hall–Kier alpha value is -1.55. The Kier molecular flexibility index (Phi) is 3.87. The second-order valence-corrected chi connectivity index (χ2v) is 5.12. The lowest BCUT2D eigenvalue weighted by Gasteiger charge is -2.09. The van der Waals surface area contributed by atoms with Gasteiger partial charge in [0.2, 0.25) is 5.91 Å². The van der Waals surface area contributed by atoms with E-state index in [1.807, 2.05) is 18.2 Å². The maximum Gasteiger partial charge on any atom is 0.216 e. The summed E-state index contributed by atoms with van der Waals surface area (Å²) in [7, 11) is 0. The molecule has 0 fully saturated rings. The molecule has 0 aromatic heterocycles. The summed E-state index contributed by atoms with van der Waals surface area (Å²) in [4.78, 5) is 10.9. The van der Waals surface area contributed by atoms with Crippen molar-refractivity contribution in [3.05, 3.63) is 40.4 Å². The van der Waals surface area contributed by atoms with Gasteiger partial charge in [0.25, 0.3) is 0 Å². The number of benzene rings is 2. The number of rotatable bonds is 3. The summed E-state index contributed by atoms with van der Waals surface area (Å²) in [5, 5.41) is 14.4. The Morgan fingerprint density at radius 2 is 2.11 bits per heavy atom. The molecule has 0 bridgehead atoms. The van der Waals surface area contributed by atoms with Gasteiger partial charge >= 0.3 is 0 Å². The monoisotopic (exact) mass is 307 g/mol. The minimum atomic E-state index is -0.0304. The van der Waals surface area contributed by atoms with E-state index in [1.165, 1.54) is 6.92 Å². The average molecular weight is 308 g/mol. The number of phenols is 1. The first-order valence-corrected chi connectivity index (χ1v) is 6.51. The summed E-state index contributed by atoms with van der Waals surface area (Å²) in [6.45, 7) is 2.10. The van der Waals surface area contributed by atoms with E-state index in [9.17, 15) is 9.90 Å². The van der Waals surface area contributed by atoms with Crippen LogP contribution in [0.15, 0.2) is 34.8 Å². The Labute approximate surface area is 114 Å². The van der Waals surface area contributed by atoms with E-state index in [1.54, 1.807) is 12.1 Å². The third-order valence-electron chi connectivity index (χ3n) is 2.76. The number of carbonyl (C=O) groups is 1. The van der Waals surface area contributed by atoms with Crippen LogP contribution in [-0.2, 0) is 11.2 Å². The summed E-state index contributed by atoms with van der Waals surface area (Å²) in [5.41, 5.74) is 1.10. The third-order valence-corrected chi connectivity index (χ3v) is 3.21. The van der Waals surface area contributed by atoms with Crippen LogP contribution >= 0.6 is 15.9 Å². The Bertz CT molecular complexity index is 596. The van der Waals surface area contributed by atoms with Crippen LogP contribution in [0.5, 0.6) is 5.75 Å². The van der Waals surface area contributed by atoms with Gasteiger partial charge in [0, 0.05) is 17.9 Å². The molecule has 0 spiro atoms. The number of amides is 1. The highest BCUT2D eigenvalue weighted by Crippen LogP contribution is 2.27. The maximum absolute atomic E-state index is 10.9. The van der Waals surface area contributed by atoms with Crippen LogP contribution in [0.3, 0.4) is 0 Å². The lowest BCUT2D eigenvalue weighted by atomic mass is 10.0. The van der Waals surface area contributed by atoms with Gasteiger partial charge in [-0.2, -0.15) is 0 Å². The first-order valence-electron chi connectivity index (χ1n) is 5.72. The first-order chi connectivity index (χ1) is 8.56. The largest absolute Gasteiger partial charge is 0.508 e. The number of halogens is 1. The SMILES string of the molecule is CC(=O)NCCc1cc(Br)cc2ccc(O)cc12. The lowest BCUT2D eigenvalue weighted by molar-refractivity contribution is -0.118. The number of hydrogen-bond acceptors (Lipinski definition) is 2. The highest BCUT2D eigenvalue weighted by Gasteiger charge is 2.05. The minimum Gasteiger partial charge on any atom is -0.508 e. The fraction of sp³-hybridized carbons (Fsp3) is 0.214. The molecule has 94 valence electrons. The zero-order chi connectivity index (χ0) is 13.1. The van der Waals surface area contributed by atoms with Gasteiger partial charge in [0.1, 0.15) is 5.75 Å². The van der Waals surface area contributed by atoms with E-state index in [4.69, 9.17) is 0 Å². The smallest absolute Gasteiger partial charge is 0.216 e. The van der Waals surface area contributed by atoms with Crippen molar-refractivity contribution in [1.29, 1.82) is 0 Å². The molecule has 0 heterocycles. The Morgan fingerprint density at radius 3 is 2.83 bits per heavy atom. The molecule has 0 unspecified atom stereocenters. The van der Waals surface area contributed by atoms with E-state index in [-0.39, 0.29) is 11.7 Å². The van der Waals surface area contributed by atoms with Gasteiger partial charge in [0.05, 0.1) is 0 Å². The molecule has 0 aliphatic rings. The molecule has 2 N–H and O–H groups in total. The van der Waals surface area contributed by atoms with E-state index < -0.39 is 0 Å². The number of hydrogen-bond donors (Lipinski definition) is 2. The number of fused-ring (bicyclic) bond motifs is 1. The molecule has 1 amide bonds. The van der Waals surface area contributed by atoms with Gasteiger partial charge in [-0.1, -0.05) is 22.0 Å². The van der Waals surface area contributed by atoms with Crippen LogP contribution in [0.4, 0.5) is 0 Å². The van der Waals surface area contributed by atoms with E-state index >= 15 is 0 Å². The van der Waals surface area contributed by atoms with Gasteiger partial charge in [0.15, 0.2) is 0 Å². The molecular weight excluding hydrogens is 294 g/mol. The van der Waals surface area contributed by atoms with Crippen LogP contribution < -0.4 is 5.32 Å². The molecule has 2 aromatic carbocycles. The predicted molar refractivity (Wildman–Crippen MR) is 75.7 cm³/mol. The quantitative estimate of drug-likeness (QED) is 0.916. The standard InChI is InChI=1S/C14H14BrNO2/c1-9(17)16-5-4-11-7-12(15)6-10-2-3-13(18)8-14(10)11/h2-3,6-8,18H,4-5H2,1H3,(H,16,17). The van der Waals surface area contributed by atoms with Gasteiger partial charge in [-0.3, -0.25) is 4.79 Å². The number of nitrogens with one attached hydrogen (secondary N) is 1. The summed E-state index contributed by atoms with van der Waals surface area (Å²) >= 11 is 3.47. The van der Waals surface area contributed by atoms with Crippen molar-refractivity contribution < 1.29 is 9.90 Å². The highest BCUT2D eigenvalue weighted by atomic mass is 79.9. The van der Waals surface area contributed by atoms with Crippen molar-refractivity contribution in [3.63, 3.8) is 0 Å². The molecule has 0 aliphatic carbocycles. The van der Waals surface area contributed by atoms with Crippen molar-refractivity contribution in [1.82, 2.24) is 5.32 Å². The molecule has 2 rings (SSSR count). The van der Waals surface area contributed by atoms with Crippen molar-refractivity contribution in [2.75, 3.05) is 6.54 Å². The van der Waals surface area contributed by atoms with Crippen molar-refractivity contribution in [2.45, 2.75) is 13.3 Å². The fourth-order valence-corrected chi connectivity index (χ4v) is 2.49. The topological polar surface area (TPSA) is 49.3 Å². The third kappa shape index (κ3) is 3.01. The summed E-state index contributed by atoms with van der Waals surface area (Å²) in [6, 6.07) is 9.34. The highest BCUT2D eigenvalue weighted by molar-refractivity contribution is 9.10. The maximum atomic E-state index is 10.9. The predicted octanol–water partition coefficient (Wildman–Crippen LogP) is 2.99. The summed E-state index contributed by atoms with van der Waals surface area (Å²) in [5.74, 6) is 0.225. The second-order valence-electron chi connectivity index (χ2n) is 4.20. The number of phenolic OH excluding ortho intramolecular Hbond substituents is 1. The van der Waals surface area contributed by atoms with Crippen molar-refractivity contribution >= 4 is 32.6 Å². The first kappa shape index (κ1) is 12.9. The van der Waals surface area contributed by atoms with E-state index in [2.05, 4.69) is 21.2 Å². The van der Waals surface area contributed by atoms with Gasteiger partial charge in [-0.05, 0) is 47.0 Å². The van der Waals surface area contributed by atoms with Crippen LogP contribution in [0.1, 0.15) is 12.5 Å². The molecule has 0 radical (unpaired) electrons. The molecule has 4 heteroatoms. The molecule has 2 aromatic rings. The summed E-state index contributed by atoms with van der Waals surface area (Å²) in [6.07, 6.45) is 0.735.